The van der Waals surface area contributed by atoms with Crippen molar-refractivity contribution in [1.29, 1.82) is 0 Å². The second-order valence-corrected chi connectivity index (χ2v) is 11.5. The molecule has 1 unspecified atom stereocenters. The van der Waals surface area contributed by atoms with Crippen LogP contribution in [0.4, 0.5) is 5.13 Å². The van der Waals surface area contributed by atoms with Crippen molar-refractivity contribution in [2.75, 3.05) is 11.5 Å². The van der Waals surface area contributed by atoms with Crippen molar-refractivity contribution >= 4 is 39.9 Å². The van der Waals surface area contributed by atoms with Gasteiger partial charge in [0.25, 0.3) is 5.91 Å². The number of benzene rings is 2. The van der Waals surface area contributed by atoms with Crippen LogP contribution < -0.4 is 9.64 Å². The van der Waals surface area contributed by atoms with Crippen LogP contribution in [-0.2, 0) is 10.5 Å². The molecule has 1 N–H and O–H groups in total. The Labute approximate surface area is 240 Å². The number of carbonyl (C=O) groups is 2. The molecule has 3 heterocycles. The summed E-state index contributed by atoms with van der Waals surface area (Å²) in [5.41, 5.74) is 1.66. The highest BCUT2D eigenvalue weighted by molar-refractivity contribution is 8.00. The number of ketones is 1. The number of aryl methyl sites for hydroxylation is 1. The van der Waals surface area contributed by atoms with Crippen LogP contribution in [0.25, 0.3) is 0 Å². The Balaban J connectivity index is 1.48. The molecular weight excluding hydrogens is 546 g/mol. The molecule has 206 valence electrons. The number of carbonyl (C=O) groups excluding carboxylic acids is 2. The van der Waals surface area contributed by atoms with E-state index >= 15 is 0 Å². The molecular formula is C30H29N3O5S2. The number of aliphatic hydroxyl groups is 1. The van der Waals surface area contributed by atoms with E-state index in [0.29, 0.717) is 33.8 Å². The van der Waals surface area contributed by atoms with Gasteiger partial charge in [0.15, 0.2) is 15.9 Å². The van der Waals surface area contributed by atoms with Crippen LogP contribution in [0.3, 0.4) is 0 Å². The summed E-state index contributed by atoms with van der Waals surface area (Å²) in [5.74, 6) is -0.0214. The van der Waals surface area contributed by atoms with Gasteiger partial charge < -0.3 is 14.3 Å². The van der Waals surface area contributed by atoms with Crippen molar-refractivity contribution in [2.45, 2.75) is 49.2 Å². The van der Waals surface area contributed by atoms with Gasteiger partial charge in [0.05, 0.1) is 18.2 Å². The quantitative estimate of drug-likeness (QED) is 0.0826. The lowest BCUT2D eigenvalue weighted by Gasteiger charge is -2.24. The number of furan rings is 1. The molecule has 40 heavy (non-hydrogen) atoms. The molecule has 0 spiro atoms. The van der Waals surface area contributed by atoms with E-state index in [-0.39, 0.29) is 16.5 Å². The molecule has 10 heteroatoms. The van der Waals surface area contributed by atoms with Crippen LogP contribution in [0.1, 0.15) is 59.7 Å². The first-order valence-electron chi connectivity index (χ1n) is 13.1. The minimum atomic E-state index is -0.940. The first-order chi connectivity index (χ1) is 19.5. The first kappa shape index (κ1) is 27.7. The third kappa shape index (κ3) is 5.97. The fraction of sp³-hybridized carbons (Fsp3) is 0.267. The van der Waals surface area contributed by atoms with Crippen molar-refractivity contribution in [3.63, 3.8) is 0 Å². The molecule has 0 radical (unpaired) electrons. The highest BCUT2D eigenvalue weighted by Crippen LogP contribution is 2.44. The van der Waals surface area contributed by atoms with E-state index in [1.807, 2.05) is 42.5 Å². The first-order valence-corrected chi connectivity index (χ1v) is 14.9. The summed E-state index contributed by atoms with van der Waals surface area (Å²) in [6, 6.07) is 19.5. The normalized spacial score (nSPS) is 15.2. The molecule has 1 aliphatic rings. The fourth-order valence-electron chi connectivity index (χ4n) is 4.43. The minimum absolute atomic E-state index is 0.0436. The highest BCUT2D eigenvalue weighted by atomic mass is 32.2. The van der Waals surface area contributed by atoms with Crippen molar-refractivity contribution in [3.8, 4) is 5.75 Å². The molecule has 0 bridgehead atoms. The average molecular weight is 576 g/mol. The third-order valence-corrected chi connectivity index (χ3v) is 8.54. The van der Waals surface area contributed by atoms with Gasteiger partial charge in [-0.05, 0) is 48.7 Å². The maximum Gasteiger partial charge on any atom is 0.296 e. The summed E-state index contributed by atoms with van der Waals surface area (Å²) in [5, 5.41) is 19.9. The van der Waals surface area contributed by atoms with E-state index in [0.717, 1.165) is 24.8 Å². The molecule has 1 amide bonds. The number of amides is 1. The Morgan fingerprint density at radius 3 is 2.67 bits per heavy atom. The summed E-state index contributed by atoms with van der Waals surface area (Å²) in [6.07, 6.45) is 3.06. The Kier molecular flexibility index (Phi) is 8.66. The van der Waals surface area contributed by atoms with Gasteiger partial charge in [0.2, 0.25) is 10.9 Å². The molecule has 2 aromatic carbocycles. The number of unbranched alkanes of at least 4 members (excludes halogenated alkanes) is 2. The van der Waals surface area contributed by atoms with Gasteiger partial charge >= 0.3 is 0 Å². The van der Waals surface area contributed by atoms with Crippen LogP contribution in [0.2, 0.25) is 0 Å². The van der Waals surface area contributed by atoms with Crippen LogP contribution in [0, 0.1) is 6.92 Å². The second-order valence-electron chi connectivity index (χ2n) is 9.33. The van der Waals surface area contributed by atoms with Crippen LogP contribution in [0.5, 0.6) is 5.75 Å². The highest BCUT2D eigenvalue weighted by Gasteiger charge is 2.46. The Morgan fingerprint density at radius 1 is 1.10 bits per heavy atom. The lowest BCUT2D eigenvalue weighted by atomic mass is 9.95. The van der Waals surface area contributed by atoms with E-state index in [9.17, 15) is 14.7 Å². The van der Waals surface area contributed by atoms with E-state index in [1.54, 1.807) is 31.2 Å². The molecule has 0 fully saturated rings. The molecule has 4 aromatic rings. The smallest absolute Gasteiger partial charge is 0.296 e. The molecule has 8 nitrogen and oxygen atoms in total. The molecule has 2 aromatic heterocycles. The van der Waals surface area contributed by atoms with Crippen molar-refractivity contribution in [1.82, 2.24) is 10.2 Å². The van der Waals surface area contributed by atoms with Crippen LogP contribution >= 0.6 is 23.1 Å². The number of Topliss-reactive ketones (excluding diaryl/α,β-unsaturated/α-hetero) is 1. The number of ether oxygens (including phenoxy) is 1. The van der Waals surface area contributed by atoms with Gasteiger partial charge in [-0.2, -0.15) is 0 Å². The Bertz CT molecular complexity index is 1530. The third-order valence-electron chi connectivity index (χ3n) is 6.41. The second kappa shape index (κ2) is 12.5. The summed E-state index contributed by atoms with van der Waals surface area (Å²) in [4.78, 5) is 28.4. The minimum Gasteiger partial charge on any atom is -0.503 e. The molecule has 0 saturated heterocycles. The Morgan fingerprint density at radius 2 is 1.93 bits per heavy atom. The van der Waals surface area contributed by atoms with Crippen LogP contribution in [0.15, 0.2) is 86.8 Å². The van der Waals surface area contributed by atoms with E-state index in [2.05, 4.69) is 17.1 Å². The number of hydrogen-bond donors (Lipinski definition) is 1. The zero-order valence-electron chi connectivity index (χ0n) is 22.2. The van der Waals surface area contributed by atoms with Gasteiger partial charge in [0.1, 0.15) is 11.5 Å². The summed E-state index contributed by atoms with van der Waals surface area (Å²) in [6.45, 7) is 4.41. The fourth-order valence-corrected chi connectivity index (χ4v) is 6.26. The lowest BCUT2D eigenvalue weighted by Crippen LogP contribution is -2.31. The topological polar surface area (TPSA) is 106 Å². The van der Waals surface area contributed by atoms with Crippen LogP contribution in [-0.4, -0.2) is 33.6 Å². The van der Waals surface area contributed by atoms with Crippen molar-refractivity contribution in [2.24, 2.45) is 0 Å². The average Bonchev–Trinajstić information content (AvgIpc) is 3.69. The molecule has 1 aliphatic heterocycles. The Hall–Kier alpha value is -3.89. The van der Waals surface area contributed by atoms with Gasteiger partial charge in [-0.1, -0.05) is 85.3 Å². The largest absolute Gasteiger partial charge is 0.503 e. The summed E-state index contributed by atoms with van der Waals surface area (Å²) < 4.78 is 12.2. The summed E-state index contributed by atoms with van der Waals surface area (Å²) >= 11 is 2.74. The van der Waals surface area contributed by atoms with Gasteiger partial charge in [-0.3, -0.25) is 14.5 Å². The van der Waals surface area contributed by atoms with Gasteiger partial charge in [-0.15, -0.1) is 10.2 Å². The monoisotopic (exact) mass is 575 g/mol. The molecule has 5 rings (SSSR count). The standard InChI is InChI=1S/C30H29N3O5S2/c1-3-4-8-16-37-22-13-9-12-21(17-22)25-24(26(34)23-15-14-19(2)38-23)27(35)28(36)33(25)29-31-32-30(40-29)39-18-20-10-6-5-7-11-20/h5-7,9-15,17,25,35H,3-4,8,16,18H2,1-2H3. The predicted octanol–water partition coefficient (Wildman–Crippen LogP) is 7.08. The van der Waals surface area contributed by atoms with E-state index < -0.39 is 23.5 Å². The van der Waals surface area contributed by atoms with Crippen molar-refractivity contribution in [3.05, 3.63) is 101 Å². The number of rotatable bonds is 12. The van der Waals surface area contributed by atoms with Gasteiger partial charge in [-0.25, -0.2) is 0 Å². The number of nitrogens with zero attached hydrogens (tertiary/aromatic N) is 3. The number of aromatic nitrogens is 2. The van der Waals surface area contributed by atoms with E-state index in [1.165, 1.54) is 28.0 Å². The lowest BCUT2D eigenvalue weighted by molar-refractivity contribution is -0.117. The van der Waals surface area contributed by atoms with Gasteiger partial charge in [0, 0.05) is 5.75 Å². The van der Waals surface area contributed by atoms with Crippen molar-refractivity contribution < 1.29 is 23.8 Å². The number of thioether (sulfide) groups is 1. The number of anilines is 1. The molecule has 1 atom stereocenters. The summed E-state index contributed by atoms with van der Waals surface area (Å²) in [7, 11) is 0. The maximum atomic E-state index is 13.6. The maximum absolute atomic E-state index is 13.6. The number of aliphatic hydroxyl groups excluding tert-OH is 1. The zero-order valence-corrected chi connectivity index (χ0v) is 23.8. The zero-order chi connectivity index (χ0) is 28.1. The molecule has 0 aliphatic carbocycles. The SMILES string of the molecule is CCCCCOc1cccc(C2C(C(=O)c3ccc(C)o3)=C(O)C(=O)N2c2nnc(SCc3ccccc3)s2)c1. The number of hydrogen-bond acceptors (Lipinski definition) is 9. The van der Waals surface area contributed by atoms with E-state index in [4.69, 9.17) is 9.15 Å². The molecule has 0 saturated carbocycles. The predicted molar refractivity (Wildman–Crippen MR) is 155 cm³/mol.